The van der Waals surface area contributed by atoms with Gasteiger partial charge in [0.15, 0.2) is 6.10 Å². The van der Waals surface area contributed by atoms with Crippen molar-refractivity contribution in [2.45, 2.75) is 33.5 Å². The quantitative estimate of drug-likeness (QED) is 0.790. The van der Waals surface area contributed by atoms with Crippen LogP contribution in [0.5, 0.6) is 0 Å². The predicted molar refractivity (Wildman–Crippen MR) is 77.6 cm³/mol. The van der Waals surface area contributed by atoms with Crippen LogP contribution in [-0.4, -0.2) is 43.2 Å². The van der Waals surface area contributed by atoms with Crippen molar-refractivity contribution in [1.82, 2.24) is 4.90 Å². The van der Waals surface area contributed by atoms with Crippen LogP contribution in [0.3, 0.4) is 0 Å². The van der Waals surface area contributed by atoms with Gasteiger partial charge in [0, 0.05) is 13.1 Å². The molecular formula is C16H23NO3. The molecule has 0 bridgehead atoms. The Balaban J connectivity index is 1.90. The summed E-state index contributed by atoms with van der Waals surface area (Å²) >= 11 is 0. The minimum absolute atomic E-state index is 0.260. The highest BCUT2D eigenvalue weighted by Crippen LogP contribution is 2.13. The first-order chi connectivity index (χ1) is 9.60. The van der Waals surface area contributed by atoms with Crippen LogP contribution < -0.4 is 0 Å². The lowest BCUT2D eigenvalue weighted by Crippen LogP contribution is -2.46. The lowest BCUT2D eigenvalue weighted by Gasteiger charge is -2.30. The number of ether oxygens (including phenoxy) is 2. The molecule has 0 aromatic heterocycles. The van der Waals surface area contributed by atoms with Gasteiger partial charge in [-0.05, 0) is 31.5 Å². The summed E-state index contributed by atoms with van der Waals surface area (Å²) in [6.45, 7) is 9.51. The fourth-order valence-electron chi connectivity index (χ4n) is 2.33. The van der Waals surface area contributed by atoms with Crippen LogP contribution in [0.1, 0.15) is 23.6 Å². The van der Waals surface area contributed by atoms with Gasteiger partial charge in [-0.15, -0.1) is 0 Å². The van der Waals surface area contributed by atoms with E-state index in [1.54, 1.807) is 0 Å². The summed E-state index contributed by atoms with van der Waals surface area (Å²) in [5, 5.41) is 0. The molecular weight excluding hydrogens is 254 g/mol. The second kappa shape index (κ2) is 6.86. The summed E-state index contributed by atoms with van der Waals surface area (Å²) in [6.07, 6.45) is -0.450. The molecule has 1 aliphatic rings. The molecule has 1 heterocycles. The van der Waals surface area contributed by atoms with Gasteiger partial charge in [-0.1, -0.05) is 30.7 Å². The molecule has 1 aromatic carbocycles. The Labute approximate surface area is 120 Å². The highest BCUT2D eigenvalue weighted by atomic mass is 16.6. The second-order valence-corrected chi connectivity index (χ2v) is 5.29. The summed E-state index contributed by atoms with van der Waals surface area (Å²) in [5.41, 5.74) is 3.37. The van der Waals surface area contributed by atoms with Gasteiger partial charge in [0.25, 0.3) is 0 Å². The number of nitrogens with zero attached hydrogens (tertiary/aromatic N) is 1. The average molecular weight is 277 g/mol. The van der Waals surface area contributed by atoms with E-state index in [1.807, 2.05) is 13.8 Å². The number of esters is 1. The molecule has 0 radical (unpaired) electrons. The van der Waals surface area contributed by atoms with Crippen LogP contribution in [0, 0.1) is 13.8 Å². The van der Waals surface area contributed by atoms with Crippen LogP contribution in [0.4, 0.5) is 0 Å². The van der Waals surface area contributed by atoms with E-state index in [1.165, 1.54) is 5.56 Å². The summed E-state index contributed by atoms with van der Waals surface area (Å²) < 4.78 is 10.9. The highest BCUT2D eigenvalue weighted by Gasteiger charge is 2.27. The van der Waals surface area contributed by atoms with Crippen molar-refractivity contribution in [3.05, 3.63) is 34.9 Å². The van der Waals surface area contributed by atoms with E-state index in [-0.39, 0.29) is 5.97 Å². The molecule has 1 saturated heterocycles. The zero-order chi connectivity index (χ0) is 14.5. The van der Waals surface area contributed by atoms with Crippen molar-refractivity contribution in [1.29, 1.82) is 0 Å². The molecule has 1 fully saturated rings. The van der Waals surface area contributed by atoms with Gasteiger partial charge >= 0.3 is 5.97 Å². The standard InChI is InChI=1S/C16H23NO3/c1-4-17-7-8-19-15(10-17)16(18)20-11-14-9-12(2)5-6-13(14)3/h5-6,9,15H,4,7-8,10-11H2,1-3H3. The summed E-state index contributed by atoms with van der Waals surface area (Å²) in [4.78, 5) is 14.3. The zero-order valence-electron chi connectivity index (χ0n) is 12.5. The van der Waals surface area contributed by atoms with E-state index in [2.05, 4.69) is 30.0 Å². The third kappa shape index (κ3) is 3.81. The Morgan fingerprint density at radius 3 is 3.00 bits per heavy atom. The van der Waals surface area contributed by atoms with Crippen LogP contribution in [0.2, 0.25) is 0 Å². The summed E-state index contributed by atoms with van der Waals surface area (Å²) in [6, 6.07) is 6.17. The molecule has 0 aliphatic carbocycles. The monoisotopic (exact) mass is 277 g/mol. The minimum Gasteiger partial charge on any atom is -0.459 e. The Kier molecular flexibility index (Phi) is 5.15. The van der Waals surface area contributed by atoms with Gasteiger partial charge in [-0.3, -0.25) is 4.90 Å². The molecule has 0 spiro atoms. The molecule has 110 valence electrons. The van der Waals surface area contributed by atoms with Crippen molar-refractivity contribution in [3.8, 4) is 0 Å². The predicted octanol–water partition coefficient (Wildman–Crippen LogP) is 2.07. The van der Waals surface area contributed by atoms with E-state index in [4.69, 9.17) is 9.47 Å². The number of aryl methyl sites for hydroxylation is 2. The van der Waals surface area contributed by atoms with Crippen LogP contribution in [0.25, 0.3) is 0 Å². The van der Waals surface area contributed by atoms with E-state index in [9.17, 15) is 4.79 Å². The maximum atomic E-state index is 12.1. The Bertz CT molecular complexity index is 473. The number of hydrogen-bond acceptors (Lipinski definition) is 4. The van der Waals surface area contributed by atoms with Gasteiger partial charge in [-0.25, -0.2) is 4.79 Å². The number of carbonyl (C=O) groups is 1. The molecule has 20 heavy (non-hydrogen) atoms. The number of likely N-dealkylation sites (N-methyl/N-ethyl adjacent to an activating group) is 1. The fraction of sp³-hybridized carbons (Fsp3) is 0.562. The molecule has 0 N–H and O–H groups in total. The van der Waals surface area contributed by atoms with Crippen LogP contribution >= 0.6 is 0 Å². The summed E-state index contributed by atoms with van der Waals surface area (Å²) in [7, 11) is 0. The van der Waals surface area contributed by atoms with E-state index >= 15 is 0 Å². The maximum Gasteiger partial charge on any atom is 0.336 e. The van der Waals surface area contributed by atoms with Gasteiger partial charge in [0.05, 0.1) is 6.61 Å². The number of hydrogen-bond donors (Lipinski definition) is 0. The molecule has 4 heteroatoms. The first-order valence-electron chi connectivity index (χ1n) is 7.17. The van der Waals surface area contributed by atoms with E-state index in [0.717, 1.165) is 24.2 Å². The van der Waals surface area contributed by atoms with Gasteiger partial charge in [0.1, 0.15) is 6.61 Å². The molecule has 1 aliphatic heterocycles. The van der Waals surface area contributed by atoms with Gasteiger partial charge < -0.3 is 9.47 Å². The van der Waals surface area contributed by atoms with E-state index < -0.39 is 6.10 Å². The fourth-order valence-corrected chi connectivity index (χ4v) is 2.33. The molecule has 1 unspecified atom stereocenters. The smallest absolute Gasteiger partial charge is 0.336 e. The minimum atomic E-state index is -0.450. The van der Waals surface area contributed by atoms with Crippen molar-refractivity contribution >= 4 is 5.97 Å². The number of carbonyl (C=O) groups excluding carboxylic acids is 1. The van der Waals surface area contributed by atoms with Crippen molar-refractivity contribution < 1.29 is 14.3 Å². The van der Waals surface area contributed by atoms with Crippen molar-refractivity contribution in [2.75, 3.05) is 26.2 Å². The Hall–Kier alpha value is -1.39. The molecule has 1 atom stereocenters. The molecule has 1 aromatic rings. The average Bonchev–Trinajstić information content (AvgIpc) is 2.48. The number of benzene rings is 1. The summed E-state index contributed by atoms with van der Waals surface area (Å²) in [5.74, 6) is -0.260. The lowest BCUT2D eigenvalue weighted by atomic mass is 10.1. The van der Waals surface area contributed by atoms with Gasteiger partial charge in [-0.2, -0.15) is 0 Å². The third-order valence-electron chi connectivity index (χ3n) is 3.74. The molecule has 0 saturated carbocycles. The molecule has 2 rings (SSSR count). The molecule has 0 amide bonds. The van der Waals surface area contributed by atoms with Crippen LogP contribution in [-0.2, 0) is 20.9 Å². The molecule has 4 nitrogen and oxygen atoms in total. The highest BCUT2D eigenvalue weighted by molar-refractivity contribution is 5.75. The SMILES string of the molecule is CCN1CCOC(C(=O)OCc2cc(C)ccc2C)C1. The first-order valence-corrected chi connectivity index (χ1v) is 7.17. The topological polar surface area (TPSA) is 38.8 Å². The van der Waals surface area contributed by atoms with E-state index in [0.29, 0.717) is 19.8 Å². The largest absolute Gasteiger partial charge is 0.459 e. The van der Waals surface area contributed by atoms with Gasteiger partial charge in [0.2, 0.25) is 0 Å². The second-order valence-electron chi connectivity index (χ2n) is 5.29. The number of rotatable bonds is 4. The third-order valence-corrected chi connectivity index (χ3v) is 3.74. The van der Waals surface area contributed by atoms with Crippen LogP contribution in [0.15, 0.2) is 18.2 Å². The first kappa shape index (κ1) is 15.0. The number of morpholine rings is 1. The van der Waals surface area contributed by atoms with Crippen molar-refractivity contribution in [3.63, 3.8) is 0 Å². The zero-order valence-corrected chi connectivity index (χ0v) is 12.5. The Morgan fingerprint density at radius 2 is 2.25 bits per heavy atom. The Morgan fingerprint density at radius 1 is 1.45 bits per heavy atom. The van der Waals surface area contributed by atoms with Crippen molar-refractivity contribution in [2.24, 2.45) is 0 Å². The normalized spacial score (nSPS) is 19.9. The maximum absolute atomic E-state index is 12.1. The lowest BCUT2D eigenvalue weighted by molar-refractivity contribution is -0.164.